The van der Waals surface area contributed by atoms with E-state index in [9.17, 15) is 15.3 Å². The summed E-state index contributed by atoms with van der Waals surface area (Å²) < 4.78 is 0. The Bertz CT molecular complexity index is 1400. The molecule has 0 aliphatic carbocycles. The Morgan fingerprint density at radius 3 is 1.63 bits per heavy atom. The molecular weight excluding hydrogens is 468 g/mol. The molecular formula is C35H40O3. The zero-order valence-corrected chi connectivity index (χ0v) is 23.3. The highest BCUT2D eigenvalue weighted by Crippen LogP contribution is 2.37. The van der Waals surface area contributed by atoms with Crippen molar-refractivity contribution in [2.45, 2.75) is 71.6 Å². The van der Waals surface area contributed by atoms with Crippen LogP contribution < -0.4 is 0 Å². The predicted octanol–water partition coefficient (Wildman–Crippen LogP) is 8.19. The van der Waals surface area contributed by atoms with Crippen LogP contribution in [-0.2, 0) is 31.1 Å². The summed E-state index contributed by atoms with van der Waals surface area (Å²) >= 11 is 0. The van der Waals surface area contributed by atoms with E-state index in [4.69, 9.17) is 0 Å². The summed E-state index contributed by atoms with van der Waals surface area (Å²) in [4.78, 5) is 0. The maximum Gasteiger partial charge on any atom is 0.118 e. The van der Waals surface area contributed by atoms with Gasteiger partial charge in [0.15, 0.2) is 0 Å². The molecule has 3 N–H and O–H groups in total. The van der Waals surface area contributed by atoms with E-state index < -0.39 is 0 Å². The third kappa shape index (κ3) is 5.57. The van der Waals surface area contributed by atoms with Crippen LogP contribution in [0.5, 0.6) is 17.2 Å². The van der Waals surface area contributed by atoms with Crippen LogP contribution in [0.15, 0.2) is 78.9 Å². The first-order chi connectivity index (χ1) is 18.2. The number of aryl methyl sites for hydroxylation is 3. The van der Waals surface area contributed by atoms with Crippen LogP contribution in [0.3, 0.4) is 0 Å². The minimum Gasteiger partial charge on any atom is -0.508 e. The first-order valence-electron chi connectivity index (χ1n) is 13.7. The van der Waals surface area contributed by atoms with E-state index in [-0.39, 0.29) is 11.3 Å². The van der Waals surface area contributed by atoms with Crippen molar-refractivity contribution in [3.05, 3.63) is 123 Å². The number of hydrogen-bond donors (Lipinski definition) is 3. The molecule has 0 saturated heterocycles. The van der Waals surface area contributed by atoms with Crippen LogP contribution >= 0.6 is 0 Å². The second-order valence-electron chi connectivity index (χ2n) is 10.8. The highest BCUT2D eigenvalue weighted by atomic mass is 16.3. The van der Waals surface area contributed by atoms with Gasteiger partial charge < -0.3 is 15.3 Å². The number of phenols is 3. The summed E-state index contributed by atoms with van der Waals surface area (Å²) in [7, 11) is 0. The second-order valence-corrected chi connectivity index (χ2v) is 10.8. The van der Waals surface area contributed by atoms with E-state index in [1.807, 2.05) is 24.3 Å². The molecule has 0 fully saturated rings. The van der Waals surface area contributed by atoms with Gasteiger partial charge in [-0.05, 0) is 88.4 Å². The van der Waals surface area contributed by atoms with Gasteiger partial charge in [0.2, 0.25) is 0 Å². The van der Waals surface area contributed by atoms with Crippen LogP contribution in [0.1, 0.15) is 85.0 Å². The van der Waals surface area contributed by atoms with Crippen LogP contribution in [-0.4, -0.2) is 15.3 Å². The van der Waals surface area contributed by atoms with Crippen molar-refractivity contribution in [1.29, 1.82) is 0 Å². The van der Waals surface area contributed by atoms with E-state index >= 15 is 0 Å². The van der Waals surface area contributed by atoms with Gasteiger partial charge in [0.05, 0.1) is 0 Å². The van der Waals surface area contributed by atoms with Crippen molar-refractivity contribution >= 4 is 0 Å². The molecule has 38 heavy (non-hydrogen) atoms. The molecule has 0 amide bonds. The fourth-order valence-corrected chi connectivity index (χ4v) is 5.37. The molecule has 0 bridgehead atoms. The van der Waals surface area contributed by atoms with Gasteiger partial charge >= 0.3 is 0 Å². The lowest BCUT2D eigenvalue weighted by atomic mass is 9.76. The molecule has 0 spiro atoms. The Morgan fingerprint density at radius 2 is 1.03 bits per heavy atom. The summed E-state index contributed by atoms with van der Waals surface area (Å²) in [5.74, 6) is 1.14. The van der Waals surface area contributed by atoms with Crippen molar-refractivity contribution in [1.82, 2.24) is 0 Å². The van der Waals surface area contributed by atoms with Gasteiger partial charge in [-0.2, -0.15) is 0 Å². The highest BCUT2D eigenvalue weighted by Gasteiger charge is 2.25. The normalized spacial score (nSPS) is 12.4. The average Bonchev–Trinajstić information content (AvgIpc) is 2.93. The Balaban J connectivity index is 1.73. The summed E-state index contributed by atoms with van der Waals surface area (Å²) in [6.45, 7) is 10.6. The molecule has 0 saturated carbocycles. The molecule has 198 valence electrons. The van der Waals surface area contributed by atoms with E-state index in [1.54, 1.807) is 12.1 Å². The molecule has 3 heteroatoms. The summed E-state index contributed by atoms with van der Waals surface area (Å²) in [5, 5.41) is 30.7. The zero-order valence-electron chi connectivity index (χ0n) is 23.3. The third-order valence-corrected chi connectivity index (χ3v) is 8.07. The molecule has 0 aromatic heterocycles. The van der Waals surface area contributed by atoms with E-state index in [0.29, 0.717) is 17.2 Å². The Labute approximate surface area is 227 Å². The standard InChI is InChI=1S/C35H40O3/c1-6-24-19-23(9-16-32(24)36)20-31(28-12-17-33(37)25(7-2)21-28)27-10-13-29(14-11-27)35(4,5)30-15-18-34(38)26(8-3)22-30/h9-19,21-22,31,36-38H,6-8,20H2,1-5H3. The maximum atomic E-state index is 10.3. The summed E-state index contributed by atoms with van der Waals surface area (Å²) in [6, 6.07) is 26.7. The predicted molar refractivity (Wildman–Crippen MR) is 157 cm³/mol. The van der Waals surface area contributed by atoms with Crippen LogP contribution in [0, 0.1) is 0 Å². The molecule has 0 radical (unpaired) electrons. The van der Waals surface area contributed by atoms with Crippen LogP contribution in [0.25, 0.3) is 0 Å². The minimum absolute atomic E-state index is 0.104. The fraction of sp³-hybridized carbons (Fsp3) is 0.314. The summed E-state index contributed by atoms with van der Waals surface area (Å²) in [6.07, 6.45) is 3.14. The molecule has 4 rings (SSSR count). The zero-order chi connectivity index (χ0) is 27.4. The van der Waals surface area contributed by atoms with Crippen LogP contribution in [0.2, 0.25) is 0 Å². The number of aromatic hydroxyl groups is 3. The van der Waals surface area contributed by atoms with Crippen LogP contribution in [0.4, 0.5) is 0 Å². The number of benzene rings is 4. The highest BCUT2D eigenvalue weighted by molar-refractivity contribution is 5.47. The van der Waals surface area contributed by atoms with E-state index in [2.05, 4.69) is 77.1 Å². The van der Waals surface area contributed by atoms with Gasteiger partial charge in [0, 0.05) is 11.3 Å². The molecule has 0 aliphatic rings. The average molecular weight is 509 g/mol. The Hall–Kier alpha value is -3.72. The van der Waals surface area contributed by atoms with Gasteiger partial charge in [-0.15, -0.1) is 0 Å². The minimum atomic E-state index is -0.216. The Kier molecular flexibility index (Phi) is 8.16. The first-order valence-corrected chi connectivity index (χ1v) is 13.7. The molecule has 0 heterocycles. The van der Waals surface area contributed by atoms with Gasteiger partial charge in [-0.3, -0.25) is 0 Å². The number of hydrogen-bond acceptors (Lipinski definition) is 3. The smallest absolute Gasteiger partial charge is 0.118 e. The molecule has 1 atom stereocenters. The Morgan fingerprint density at radius 1 is 0.553 bits per heavy atom. The molecule has 0 aliphatic heterocycles. The largest absolute Gasteiger partial charge is 0.508 e. The van der Waals surface area contributed by atoms with Gasteiger partial charge in [-0.25, -0.2) is 0 Å². The lowest BCUT2D eigenvalue weighted by Crippen LogP contribution is -2.19. The van der Waals surface area contributed by atoms with E-state index in [1.165, 1.54) is 27.8 Å². The van der Waals surface area contributed by atoms with Crippen molar-refractivity contribution in [2.24, 2.45) is 0 Å². The number of phenolic OH excluding ortho intramolecular Hbond substituents is 3. The van der Waals surface area contributed by atoms with Crippen molar-refractivity contribution in [3.8, 4) is 17.2 Å². The second kappa shape index (κ2) is 11.3. The van der Waals surface area contributed by atoms with E-state index in [0.717, 1.165) is 42.4 Å². The topological polar surface area (TPSA) is 60.7 Å². The van der Waals surface area contributed by atoms with Crippen molar-refractivity contribution in [3.63, 3.8) is 0 Å². The lowest BCUT2D eigenvalue weighted by Gasteiger charge is -2.28. The monoisotopic (exact) mass is 508 g/mol. The van der Waals surface area contributed by atoms with Gasteiger partial charge in [-0.1, -0.05) is 95.3 Å². The van der Waals surface area contributed by atoms with Crippen molar-refractivity contribution in [2.75, 3.05) is 0 Å². The first kappa shape index (κ1) is 27.3. The molecule has 1 unspecified atom stereocenters. The summed E-state index contributed by atoms with van der Waals surface area (Å²) in [5.41, 5.74) is 8.61. The molecule has 4 aromatic rings. The quantitative estimate of drug-likeness (QED) is 0.214. The fourth-order valence-electron chi connectivity index (χ4n) is 5.37. The SMILES string of the molecule is CCc1cc(CC(c2ccc(C(C)(C)c3ccc(O)c(CC)c3)cc2)c2ccc(O)c(CC)c2)ccc1O. The maximum absolute atomic E-state index is 10.3. The third-order valence-electron chi connectivity index (χ3n) is 8.07. The molecule has 3 nitrogen and oxygen atoms in total. The lowest BCUT2D eigenvalue weighted by molar-refractivity contribution is 0.467. The van der Waals surface area contributed by atoms with Gasteiger partial charge in [0.1, 0.15) is 17.2 Å². The number of rotatable bonds is 9. The van der Waals surface area contributed by atoms with Crippen molar-refractivity contribution < 1.29 is 15.3 Å². The molecule has 4 aromatic carbocycles. The van der Waals surface area contributed by atoms with Gasteiger partial charge in [0.25, 0.3) is 0 Å².